The van der Waals surface area contributed by atoms with Crippen molar-refractivity contribution in [3.05, 3.63) is 32.3 Å². The highest BCUT2D eigenvalue weighted by molar-refractivity contribution is 7.16. The Morgan fingerprint density at radius 2 is 1.78 bits per heavy atom. The molecule has 1 amide bonds. The Balaban J connectivity index is 1.37. The Bertz CT molecular complexity index is 1840. The maximum absolute atomic E-state index is 14.7. The van der Waals surface area contributed by atoms with Crippen LogP contribution in [0.1, 0.15) is 40.8 Å². The summed E-state index contributed by atoms with van der Waals surface area (Å²) in [5.41, 5.74) is 12.4. The lowest BCUT2D eigenvalue weighted by molar-refractivity contribution is -0.124. The molecule has 1 spiro atoms. The first-order chi connectivity index (χ1) is 23.2. The summed E-state index contributed by atoms with van der Waals surface area (Å²) in [4.78, 5) is 34.3. The van der Waals surface area contributed by atoms with Crippen molar-refractivity contribution in [2.75, 3.05) is 89.6 Å². The van der Waals surface area contributed by atoms with Gasteiger partial charge in [-0.2, -0.15) is 20.5 Å². The second-order valence-electron chi connectivity index (χ2n) is 13.7. The number of ether oxygens (including phenoxy) is 1. The van der Waals surface area contributed by atoms with E-state index in [9.17, 15) is 24.1 Å². The Morgan fingerprint density at radius 3 is 2.37 bits per heavy atom. The molecule has 4 N–H and O–H groups in total. The molecule has 17 heteroatoms. The van der Waals surface area contributed by atoms with Crippen LogP contribution < -0.4 is 26.0 Å². The van der Waals surface area contributed by atoms with E-state index in [1.807, 2.05) is 4.90 Å². The summed E-state index contributed by atoms with van der Waals surface area (Å²) in [5.74, 6) is -2.84. The standard InChI is InChI=1S/C32H38ClF2N11O2S/c1-43(2)16-31(13-32(31,34)35)17-48-29-41-26(45-9-5-8-40-20(12-45)23(33)24(38)28(47)44(3)4)19(11-37)27(42-29)46-14-30(15-46)7-6-21-22(30)18(10-36)25(39)49-21/h5-9,12-17,38-39H2,1-4H3/b24-23+. The molecule has 2 aliphatic heterocycles. The SMILES string of the molecule is CN(C)CC1(COc2nc(N3CCCN=C(/C(Cl)=C(\N)C(=O)N(C)C)C3)c(C#N)c(N3CC4(CCc5sc(N)c(C#N)c54)C3)n2)CC1(F)F. The van der Waals surface area contributed by atoms with Crippen LogP contribution in [0.4, 0.5) is 25.4 Å². The molecule has 1 atom stereocenters. The molecule has 4 aliphatic rings. The van der Waals surface area contributed by atoms with Crippen LogP contribution in [0.5, 0.6) is 6.01 Å². The van der Waals surface area contributed by atoms with E-state index in [2.05, 4.69) is 27.1 Å². The van der Waals surface area contributed by atoms with Crippen molar-refractivity contribution in [1.29, 1.82) is 10.5 Å². The van der Waals surface area contributed by atoms with Gasteiger partial charge in [-0.3, -0.25) is 9.79 Å². The summed E-state index contributed by atoms with van der Waals surface area (Å²) in [6.07, 6.45) is 1.88. The van der Waals surface area contributed by atoms with Crippen LogP contribution in [0.15, 0.2) is 15.7 Å². The van der Waals surface area contributed by atoms with Gasteiger partial charge >= 0.3 is 6.01 Å². The molecule has 2 aliphatic carbocycles. The number of thiophene rings is 1. The average molecular weight is 714 g/mol. The van der Waals surface area contributed by atoms with Gasteiger partial charge in [-0.05, 0) is 38.9 Å². The minimum absolute atomic E-state index is 0.00140. The quantitative estimate of drug-likeness (QED) is 0.365. The van der Waals surface area contributed by atoms with Crippen molar-refractivity contribution in [2.24, 2.45) is 16.1 Å². The van der Waals surface area contributed by atoms with Crippen LogP contribution in [0.25, 0.3) is 0 Å². The highest BCUT2D eigenvalue weighted by Gasteiger charge is 2.71. The van der Waals surface area contributed by atoms with Crippen LogP contribution in [0.3, 0.4) is 0 Å². The number of amides is 1. The third kappa shape index (κ3) is 6.00. The number of hydrogen-bond acceptors (Lipinski definition) is 13. The van der Waals surface area contributed by atoms with E-state index in [-0.39, 0.29) is 59.7 Å². The molecule has 1 saturated heterocycles. The number of alkyl halides is 2. The zero-order chi connectivity index (χ0) is 35.5. The Labute approximate surface area is 292 Å². The van der Waals surface area contributed by atoms with E-state index >= 15 is 0 Å². The number of halogens is 3. The number of carbonyl (C=O) groups is 1. The first-order valence-corrected chi connectivity index (χ1v) is 17.0. The van der Waals surface area contributed by atoms with E-state index < -0.39 is 17.2 Å². The number of nitriles is 2. The number of carbonyl (C=O) groups excluding carboxylic acids is 1. The fourth-order valence-electron chi connectivity index (χ4n) is 7.17. The number of hydrogen-bond donors (Lipinski definition) is 2. The molecule has 49 heavy (non-hydrogen) atoms. The van der Waals surface area contributed by atoms with Crippen molar-refractivity contribution < 1.29 is 18.3 Å². The third-order valence-corrected chi connectivity index (χ3v) is 11.2. The largest absolute Gasteiger partial charge is 0.462 e. The summed E-state index contributed by atoms with van der Waals surface area (Å²) >= 11 is 8.06. The smallest absolute Gasteiger partial charge is 0.320 e. The van der Waals surface area contributed by atoms with Crippen molar-refractivity contribution in [1.82, 2.24) is 19.8 Å². The fraction of sp³-hybridized carbons (Fsp3) is 0.562. The van der Waals surface area contributed by atoms with Crippen molar-refractivity contribution in [3.63, 3.8) is 0 Å². The number of aliphatic imine (C=N–C) groups is 1. The number of fused-ring (bicyclic) bond motifs is 2. The van der Waals surface area contributed by atoms with Crippen LogP contribution in [-0.2, 0) is 16.6 Å². The number of anilines is 3. The summed E-state index contributed by atoms with van der Waals surface area (Å²) in [6, 6.07) is 4.41. The normalized spacial score (nSPS) is 22.4. The molecule has 2 fully saturated rings. The minimum atomic E-state index is -2.90. The molecule has 0 bridgehead atoms. The lowest BCUT2D eigenvalue weighted by Crippen LogP contribution is -2.59. The van der Waals surface area contributed by atoms with Gasteiger partial charge in [0.2, 0.25) is 0 Å². The van der Waals surface area contributed by atoms with Gasteiger partial charge in [-0.1, -0.05) is 11.6 Å². The number of nitrogen functional groups attached to an aromatic ring is 1. The predicted molar refractivity (Wildman–Crippen MR) is 183 cm³/mol. The second kappa shape index (κ2) is 12.6. The van der Waals surface area contributed by atoms with Gasteiger partial charge in [0.25, 0.3) is 11.8 Å². The van der Waals surface area contributed by atoms with E-state index in [0.29, 0.717) is 54.7 Å². The number of aryl methyl sites for hydroxylation is 1. The fourth-order valence-corrected chi connectivity index (χ4v) is 8.51. The molecule has 0 radical (unpaired) electrons. The minimum Gasteiger partial charge on any atom is -0.462 e. The van der Waals surface area contributed by atoms with Gasteiger partial charge in [0.15, 0.2) is 11.6 Å². The molecular formula is C32H38ClF2N11O2S. The van der Waals surface area contributed by atoms with Crippen LogP contribution in [-0.4, -0.2) is 111 Å². The van der Waals surface area contributed by atoms with Crippen molar-refractivity contribution in [3.8, 4) is 18.1 Å². The zero-order valence-corrected chi connectivity index (χ0v) is 29.4. The van der Waals surface area contributed by atoms with Gasteiger partial charge in [0, 0.05) is 63.5 Å². The highest BCUT2D eigenvalue weighted by Crippen LogP contribution is 2.61. The lowest BCUT2D eigenvalue weighted by atomic mass is 9.74. The van der Waals surface area contributed by atoms with E-state index in [1.54, 1.807) is 38.0 Å². The van der Waals surface area contributed by atoms with Gasteiger partial charge < -0.3 is 35.8 Å². The maximum atomic E-state index is 14.7. The third-order valence-electron chi connectivity index (χ3n) is 9.69. The van der Waals surface area contributed by atoms with Crippen LogP contribution >= 0.6 is 22.9 Å². The highest BCUT2D eigenvalue weighted by atomic mass is 35.5. The Hall–Kier alpha value is -4.25. The van der Waals surface area contributed by atoms with E-state index in [0.717, 1.165) is 23.3 Å². The lowest BCUT2D eigenvalue weighted by Gasteiger charge is -2.49. The molecular weight excluding hydrogens is 676 g/mol. The second-order valence-corrected chi connectivity index (χ2v) is 15.3. The van der Waals surface area contributed by atoms with Gasteiger partial charge in [0.1, 0.15) is 35.0 Å². The monoisotopic (exact) mass is 713 g/mol. The topological polar surface area (TPSA) is 177 Å². The first kappa shape index (κ1) is 34.6. The first-order valence-electron chi connectivity index (χ1n) is 15.9. The van der Waals surface area contributed by atoms with Crippen LogP contribution in [0, 0.1) is 28.1 Å². The molecule has 13 nitrogen and oxygen atoms in total. The molecule has 1 unspecified atom stereocenters. The maximum Gasteiger partial charge on any atom is 0.320 e. The Morgan fingerprint density at radius 1 is 1.12 bits per heavy atom. The van der Waals surface area contributed by atoms with Crippen molar-refractivity contribution >= 4 is 51.2 Å². The molecule has 2 aromatic heterocycles. The van der Waals surface area contributed by atoms with Gasteiger partial charge in [-0.25, -0.2) is 8.78 Å². The van der Waals surface area contributed by atoms with Crippen molar-refractivity contribution in [2.45, 2.75) is 37.0 Å². The molecule has 6 rings (SSSR count). The predicted octanol–water partition coefficient (Wildman–Crippen LogP) is 2.68. The summed E-state index contributed by atoms with van der Waals surface area (Å²) in [5, 5.41) is 20.9. The van der Waals surface area contributed by atoms with Gasteiger partial charge in [-0.15, -0.1) is 11.3 Å². The number of aromatic nitrogens is 2. The number of likely N-dealkylation sites (N-methyl/N-ethyl adjacent to an activating group) is 1. The number of nitrogens with two attached hydrogens (primary N) is 2. The van der Waals surface area contributed by atoms with Gasteiger partial charge in [0.05, 0.1) is 28.3 Å². The zero-order valence-electron chi connectivity index (χ0n) is 27.8. The summed E-state index contributed by atoms with van der Waals surface area (Å²) in [6.45, 7) is 1.62. The molecule has 4 heterocycles. The number of rotatable bonds is 9. The summed E-state index contributed by atoms with van der Waals surface area (Å²) in [7, 11) is 6.58. The average Bonchev–Trinajstić information content (AvgIpc) is 3.31. The number of nitrogens with zero attached hydrogens (tertiary/aromatic N) is 9. The molecule has 2 aromatic rings. The molecule has 0 aromatic carbocycles. The molecule has 260 valence electrons. The van der Waals surface area contributed by atoms with E-state index in [1.165, 1.54) is 16.2 Å². The summed E-state index contributed by atoms with van der Waals surface area (Å²) < 4.78 is 35.3. The van der Waals surface area contributed by atoms with E-state index in [4.69, 9.17) is 27.8 Å². The Kier molecular flexibility index (Phi) is 8.88. The van der Waals surface area contributed by atoms with Crippen LogP contribution in [0.2, 0.25) is 0 Å². The molecule has 1 saturated carbocycles.